The Morgan fingerprint density at radius 1 is 1.20 bits per heavy atom. The Labute approximate surface area is 173 Å². The number of ether oxygens (including phenoxy) is 1. The van der Waals surface area contributed by atoms with Crippen molar-refractivity contribution in [2.24, 2.45) is 0 Å². The van der Waals surface area contributed by atoms with Crippen LogP contribution < -0.4 is 10.1 Å². The van der Waals surface area contributed by atoms with Gasteiger partial charge >= 0.3 is 0 Å². The van der Waals surface area contributed by atoms with E-state index in [-0.39, 0.29) is 22.9 Å². The molecule has 2 heterocycles. The quantitative estimate of drug-likeness (QED) is 0.521. The third kappa shape index (κ3) is 3.10. The number of benzene rings is 2. The number of nitro groups is 1. The highest BCUT2D eigenvalue weighted by molar-refractivity contribution is 5.98. The van der Waals surface area contributed by atoms with Crippen molar-refractivity contribution in [3.8, 4) is 11.4 Å². The zero-order valence-electron chi connectivity index (χ0n) is 17.2. The molecule has 4 rings (SSSR count). The van der Waals surface area contributed by atoms with Gasteiger partial charge in [-0.05, 0) is 52.0 Å². The number of rotatable bonds is 4. The summed E-state index contributed by atoms with van der Waals surface area (Å²) in [5.41, 5.74) is 3.05. The first kappa shape index (κ1) is 19.6. The molecular weight excluding hydrogens is 384 g/mol. The van der Waals surface area contributed by atoms with E-state index in [0.717, 1.165) is 11.3 Å². The lowest BCUT2D eigenvalue weighted by Crippen LogP contribution is -2.44. The smallest absolute Gasteiger partial charge is 0.275 e. The lowest BCUT2D eigenvalue weighted by Gasteiger charge is -2.23. The van der Waals surface area contributed by atoms with E-state index in [9.17, 15) is 14.9 Å². The molecule has 2 aromatic carbocycles. The van der Waals surface area contributed by atoms with Gasteiger partial charge in [-0.1, -0.05) is 0 Å². The molecule has 1 N–H and O–H groups in total. The van der Waals surface area contributed by atoms with Crippen molar-refractivity contribution in [3.05, 3.63) is 75.4 Å². The molecule has 1 unspecified atom stereocenters. The third-order valence-electron chi connectivity index (χ3n) is 5.77. The molecule has 0 saturated heterocycles. The number of aromatic nitrogens is 2. The summed E-state index contributed by atoms with van der Waals surface area (Å²) in [6, 6.07) is 7.38. The summed E-state index contributed by atoms with van der Waals surface area (Å²) in [5.74, 6) is 0.275. The number of anilines is 1. The summed E-state index contributed by atoms with van der Waals surface area (Å²) in [7, 11) is 0. The zero-order valence-corrected chi connectivity index (χ0v) is 17.2. The van der Waals surface area contributed by atoms with Crippen molar-refractivity contribution >= 4 is 17.3 Å². The van der Waals surface area contributed by atoms with Crippen LogP contribution in [0.25, 0.3) is 5.69 Å². The Kier molecular flexibility index (Phi) is 4.57. The van der Waals surface area contributed by atoms with Crippen LogP contribution in [-0.2, 0) is 11.2 Å². The molecule has 1 atom stereocenters. The number of carbonyl (C=O) groups is 1. The Bertz CT molecular complexity index is 1150. The number of imidazole rings is 1. The predicted octanol–water partition coefficient (Wildman–Crippen LogP) is 4.04. The standard InChI is InChI=1S/C22H22N4O4/c1-13-14(2)20-18(15(3)19(13)26(28)29)11-22(4,30-20)21(27)24-16-5-7-17(8-6-16)25-10-9-23-12-25/h5-10,12H,11H2,1-4H3,(H,24,27). The van der Waals surface area contributed by atoms with Crippen molar-refractivity contribution in [1.29, 1.82) is 0 Å². The summed E-state index contributed by atoms with van der Waals surface area (Å²) in [6.07, 6.45) is 5.50. The second-order valence-corrected chi connectivity index (χ2v) is 7.77. The van der Waals surface area contributed by atoms with Crippen molar-refractivity contribution in [1.82, 2.24) is 9.55 Å². The third-order valence-corrected chi connectivity index (χ3v) is 5.77. The van der Waals surface area contributed by atoms with Crippen LogP contribution in [-0.4, -0.2) is 26.0 Å². The summed E-state index contributed by atoms with van der Waals surface area (Å²) in [4.78, 5) is 28.2. The van der Waals surface area contributed by atoms with Gasteiger partial charge in [0, 0.05) is 52.4 Å². The number of carbonyl (C=O) groups excluding carboxylic acids is 1. The van der Waals surface area contributed by atoms with Gasteiger partial charge in [0.25, 0.3) is 11.6 Å². The maximum absolute atomic E-state index is 13.1. The molecule has 1 aliphatic heterocycles. The molecule has 8 nitrogen and oxygen atoms in total. The molecule has 0 saturated carbocycles. The monoisotopic (exact) mass is 406 g/mol. The van der Waals surface area contributed by atoms with Gasteiger partial charge in [0.2, 0.25) is 0 Å². The van der Waals surface area contributed by atoms with E-state index in [1.54, 1.807) is 40.2 Å². The first-order chi connectivity index (χ1) is 14.2. The van der Waals surface area contributed by atoms with E-state index in [4.69, 9.17) is 4.74 Å². The van der Waals surface area contributed by atoms with E-state index in [2.05, 4.69) is 10.3 Å². The number of nitrogens with zero attached hydrogens (tertiary/aromatic N) is 3. The second-order valence-electron chi connectivity index (χ2n) is 7.77. The fourth-order valence-corrected chi connectivity index (χ4v) is 3.91. The van der Waals surface area contributed by atoms with Crippen molar-refractivity contribution in [2.75, 3.05) is 5.32 Å². The van der Waals surface area contributed by atoms with Gasteiger partial charge in [-0.25, -0.2) is 4.98 Å². The van der Waals surface area contributed by atoms with Crippen LogP contribution in [0.15, 0.2) is 43.0 Å². The molecule has 0 spiro atoms. The number of hydrogen-bond acceptors (Lipinski definition) is 5. The number of fused-ring (bicyclic) bond motifs is 1. The van der Waals surface area contributed by atoms with E-state index < -0.39 is 5.60 Å². The predicted molar refractivity (Wildman–Crippen MR) is 112 cm³/mol. The highest BCUT2D eigenvalue weighted by Gasteiger charge is 2.45. The Morgan fingerprint density at radius 3 is 2.50 bits per heavy atom. The Balaban J connectivity index is 1.58. The topological polar surface area (TPSA) is 99.3 Å². The summed E-state index contributed by atoms with van der Waals surface area (Å²) >= 11 is 0. The molecule has 1 aliphatic rings. The Hall–Kier alpha value is -3.68. The number of nitro benzene ring substituents is 1. The van der Waals surface area contributed by atoms with Crippen LogP contribution in [0, 0.1) is 30.9 Å². The van der Waals surface area contributed by atoms with Crippen molar-refractivity contribution in [3.63, 3.8) is 0 Å². The van der Waals surface area contributed by atoms with Crippen molar-refractivity contribution < 1.29 is 14.5 Å². The summed E-state index contributed by atoms with van der Waals surface area (Å²) in [5, 5.41) is 14.4. The van der Waals surface area contributed by atoms with Crippen LogP contribution in [0.5, 0.6) is 5.75 Å². The minimum Gasteiger partial charge on any atom is -0.477 e. The molecule has 154 valence electrons. The van der Waals surface area contributed by atoms with Crippen LogP contribution in [0.3, 0.4) is 0 Å². The average molecular weight is 406 g/mol. The average Bonchev–Trinajstić information content (AvgIpc) is 3.36. The molecule has 0 fully saturated rings. The maximum atomic E-state index is 13.1. The van der Waals surface area contributed by atoms with Gasteiger partial charge in [-0.3, -0.25) is 14.9 Å². The lowest BCUT2D eigenvalue weighted by atomic mass is 9.91. The van der Waals surface area contributed by atoms with Gasteiger partial charge < -0.3 is 14.6 Å². The minimum atomic E-state index is -1.15. The van der Waals surface area contributed by atoms with E-state index >= 15 is 0 Å². The van der Waals surface area contributed by atoms with E-state index in [1.807, 2.05) is 35.0 Å². The first-order valence-electron chi connectivity index (χ1n) is 9.57. The molecule has 0 bridgehead atoms. The van der Waals surface area contributed by atoms with Gasteiger partial charge in [0.15, 0.2) is 5.60 Å². The first-order valence-corrected chi connectivity index (χ1v) is 9.57. The van der Waals surface area contributed by atoms with Crippen molar-refractivity contribution in [2.45, 2.75) is 39.7 Å². The van der Waals surface area contributed by atoms with Crippen LogP contribution in [0.1, 0.15) is 29.2 Å². The second kappa shape index (κ2) is 6.98. The SMILES string of the molecule is Cc1c(C)c([N+](=O)[O-])c(C)c2c1OC(C)(C(=O)Nc1ccc(-n3ccnc3)cc1)C2. The van der Waals surface area contributed by atoms with Gasteiger partial charge in [-0.15, -0.1) is 0 Å². The van der Waals surface area contributed by atoms with Crippen LogP contribution in [0.2, 0.25) is 0 Å². The highest BCUT2D eigenvalue weighted by atomic mass is 16.6. The fourth-order valence-electron chi connectivity index (χ4n) is 3.91. The molecule has 8 heteroatoms. The molecule has 0 aliphatic carbocycles. The zero-order chi connectivity index (χ0) is 21.6. The number of nitrogens with one attached hydrogen (secondary N) is 1. The molecule has 3 aromatic rings. The summed E-state index contributed by atoms with van der Waals surface area (Å²) in [6.45, 7) is 6.92. The van der Waals surface area contributed by atoms with Gasteiger partial charge in [0.05, 0.1) is 11.3 Å². The molecule has 0 radical (unpaired) electrons. The largest absolute Gasteiger partial charge is 0.477 e. The molecule has 30 heavy (non-hydrogen) atoms. The molecule has 1 amide bonds. The van der Waals surface area contributed by atoms with Gasteiger partial charge in [0.1, 0.15) is 5.75 Å². The fraction of sp³-hybridized carbons (Fsp3) is 0.273. The minimum absolute atomic E-state index is 0.0922. The normalized spacial score (nSPS) is 17.3. The van der Waals surface area contributed by atoms with Crippen LogP contribution in [0.4, 0.5) is 11.4 Å². The number of amides is 1. The maximum Gasteiger partial charge on any atom is 0.275 e. The number of hydrogen-bond donors (Lipinski definition) is 1. The summed E-state index contributed by atoms with van der Waals surface area (Å²) < 4.78 is 7.96. The molecular formula is C22H22N4O4. The lowest BCUT2D eigenvalue weighted by molar-refractivity contribution is -0.386. The Morgan fingerprint density at radius 2 is 1.90 bits per heavy atom. The highest BCUT2D eigenvalue weighted by Crippen LogP contribution is 2.45. The van der Waals surface area contributed by atoms with Gasteiger partial charge in [-0.2, -0.15) is 0 Å². The van der Waals surface area contributed by atoms with Crippen LogP contribution >= 0.6 is 0 Å². The van der Waals surface area contributed by atoms with E-state index in [0.29, 0.717) is 28.1 Å². The molecule has 1 aromatic heterocycles. The van der Waals surface area contributed by atoms with E-state index in [1.165, 1.54) is 0 Å².